The molecular weight excluding hydrogens is 262 g/mol. The number of nitrogens with one attached hydrogen (secondary N) is 1. The Morgan fingerprint density at radius 1 is 1.19 bits per heavy atom. The molecule has 0 aliphatic carbocycles. The van der Waals surface area contributed by atoms with E-state index in [-0.39, 0.29) is 5.91 Å². The zero-order chi connectivity index (χ0) is 15.6. The van der Waals surface area contributed by atoms with Crippen molar-refractivity contribution < 1.29 is 4.79 Å². The first-order valence-electron chi connectivity index (χ1n) is 7.55. The van der Waals surface area contributed by atoms with Crippen LogP contribution in [0.3, 0.4) is 0 Å². The average Bonchev–Trinajstić information content (AvgIpc) is 2.81. The van der Waals surface area contributed by atoms with Crippen molar-refractivity contribution in [1.29, 1.82) is 0 Å². The molecule has 114 valence electrons. The Morgan fingerprint density at radius 2 is 1.81 bits per heavy atom. The van der Waals surface area contributed by atoms with Gasteiger partial charge in [0.15, 0.2) is 0 Å². The molecule has 0 unspecified atom stereocenters. The predicted molar refractivity (Wildman–Crippen MR) is 88.3 cm³/mol. The fourth-order valence-corrected chi connectivity index (χ4v) is 2.59. The normalized spacial score (nSPS) is 11.5. The number of hydrogen-bond acceptors (Lipinski definition) is 2. The van der Waals surface area contributed by atoms with Crippen LogP contribution in [0.15, 0.2) is 24.3 Å². The number of carbonyl (C=O) groups excluding carboxylic acids is 1. The van der Waals surface area contributed by atoms with E-state index in [9.17, 15) is 4.79 Å². The Bertz CT molecular complexity index is 618. The largest absolute Gasteiger partial charge is 0.397 e. The first kappa shape index (κ1) is 15.4. The van der Waals surface area contributed by atoms with Gasteiger partial charge >= 0.3 is 0 Å². The molecule has 2 rings (SSSR count). The average molecular weight is 287 g/mol. The first-order chi connectivity index (χ1) is 9.88. The molecule has 2 aromatic rings. The van der Waals surface area contributed by atoms with Crippen LogP contribution in [0.4, 0.5) is 5.69 Å². The van der Waals surface area contributed by atoms with Crippen LogP contribution in [0, 0.1) is 11.8 Å². The summed E-state index contributed by atoms with van der Waals surface area (Å²) in [5, 5.41) is 0.979. The number of hydrogen-bond donors (Lipinski definition) is 2. The molecule has 0 fully saturated rings. The molecule has 21 heavy (non-hydrogen) atoms. The number of nitrogens with zero attached hydrogens (tertiary/aromatic N) is 1. The van der Waals surface area contributed by atoms with E-state index in [1.54, 1.807) is 0 Å². The van der Waals surface area contributed by atoms with Crippen LogP contribution in [0.25, 0.3) is 10.9 Å². The van der Waals surface area contributed by atoms with Crippen LogP contribution in [0.2, 0.25) is 0 Å². The first-order valence-corrected chi connectivity index (χ1v) is 7.55. The van der Waals surface area contributed by atoms with Gasteiger partial charge in [0.25, 0.3) is 5.91 Å². The van der Waals surface area contributed by atoms with E-state index >= 15 is 0 Å². The van der Waals surface area contributed by atoms with E-state index in [0.717, 1.165) is 24.0 Å². The lowest BCUT2D eigenvalue weighted by Gasteiger charge is -2.25. The number of nitrogen functional groups attached to an aromatic ring is 1. The summed E-state index contributed by atoms with van der Waals surface area (Å²) in [6, 6.07) is 7.60. The summed E-state index contributed by atoms with van der Waals surface area (Å²) in [6.07, 6.45) is 0. The van der Waals surface area contributed by atoms with Crippen LogP contribution >= 0.6 is 0 Å². The summed E-state index contributed by atoms with van der Waals surface area (Å²) in [5.41, 5.74) is 8.08. The second-order valence-corrected chi connectivity index (χ2v) is 6.49. The van der Waals surface area contributed by atoms with Gasteiger partial charge in [0.05, 0.1) is 11.2 Å². The fraction of sp³-hybridized carbons (Fsp3) is 0.471. The number of aromatic nitrogens is 1. The smallest absolute Gasteiger partial charge is 0.270 e. The summed E-state index contributed by atoms with van der Waals surface area (Å²) >= 11 is 0. The van der Waals surface area contributed by atoms with Crippen molar-refractivity contribution in [2.24, 2.45) is 11.8 Å². The van der Waals surface area contributed by atoms with Crippen molar-refractivity contribution in [1.82, 2.24) is 9.88 Å². The highest BCUT2D eigenvalue weighted by Crippen LogP contribution is 2.22. The number of carbonyl (C=O) groups is 1. The summed E-state index contributed by atoms with van der Waals surface area (Å²) < 4.78 is 0. The number of para-hydroxylation sites is 1. The van der Waals surface area contributed by atoms with Crippen LogP contribution in [-0.2, 0) is 0 Å². The molecule has 0 aliphatic rings. The molecule has 0 aliphatic heterocycles. The van der Waals surface area contributed by atoms with E-state index in [1.165, 1.54) is 0 Å². The van der Waals surface area contributed by atoms with E-state index in [1.807, 2.05) is 29.2 Å². The second-order valence-electron chi connectivity index (χ2n) is 6.49. The molecule has 1 aromatic carbocycles. The highest BCUT2D eigenvalue weighted by atomic mass is 16.2. The number of nitrogens with two attached hydrogens (primary N) is 1. The fourth-order valence-electron chi connectivity index (χ4n) is 2.59. The van der Waals surface area contributed by atoms with Gasteiger partial charge < -0.3 is 15.6 Å². The lowest BCUT2D eigenvalue weighted by molar-refractivity contribution is 0.0710. The molecule has 0 saturated carbocycles. The van der Waals surface area contributed by atoms with Crippen molar-refractivity contribution >= 4 is 22.5 Å². The minimum Gasteiger partial charge on any atom is -0.397 e. The number of rotatable bonds is 5. The number of H-pyrrole nitrogens is 1. The third-order valence-electron chi connectivity index (χ3n) is 3.38. The Labute approximate surface area is 126 Å². The lowest BCUT2D eigenvalue weighted by Crippen LogP contribution is -2.37. The number of fused-ring (bicyclic) bond motifs is 1. The maximum Gasteiger partial charge on any atom is 0.270 e. The zero-order valence-electron chi connectivity index (χ0n) is 13.3. The van der Waals surface area contributed by atoms with Gasteiger partial charge in [0.2, 0.25) is 0 Å². The molecule has 0 saturated heterocycles. The van der Waals surface area contributed by atoms with Crippen molar-refractivity contribution in [3.63, 3.8) is 0 Å². The summed E-state index contributed by atoms with van der Waals surface area (Å²) in [5.74, 6) is 0.942. The van der Waals surface area contributed by atoms with Gasteiger partial charge in [-0.05, 0) is 24.0 Å². The van der Waals surface area contributed by atoms with Crippen LogP contribution in [-0.4, -0.2) is 28.9 Å². The second kappa shape index (κ2) is 6.20. The maximum atomic E-state index is 12.8. The summed E-state index contributed by atoms with van der Waals surface area (Å²) in [6.45, 7) is 10.0. The van der Waals surface area contributed by atoms with E-state index < -0.39 is 0 Å². The molecule has 0 spiro atoms. The summed E-state index contributed by atoms with van der Waals surface area (Å²) in [4.78, 5) is 17.9. The Balaban J connectivity index is 2.31. The lowest BCUT2D eigenvalue weighted by atomic mass is 10.1. The zero-order valence-corrected chi connectivity index (χ0v) is 13.3. The monoisotopic (exact) mass is 287 g/mol. The van der Waals surface area contributed by atoms with Crippen LogP contribution < -0.4 is 5.73 Å². The molecule has 0 bridgehead atoms. The number of benzene rings is 1. The van der Waals surface area contributed by atoms with E-state index in [0.29, 0.717) is 23.2 Å². The van der Waals surface area contributed by atoms with Crippen LogP contribution in [0.1, 0.15) is 38.2 Å². The molecule has 0 atom stereocenters. The molecule has 1 heterocycles. The number of anilines is 1. The molecule has 1 aromatic heterocycles. The topological polar surface area (TPSA) is 62.1 Å². The Hall–Kier alpha value is -1.97. The maximum absolute atomic E-state index is 12.8. The molecular formula is C17H25N3O. The van der Waals surface area contributed by atoms with Gasteiger partial charge in [-0.25, -0.2) is 0 Å². The highest BCUT2D eigenvalue weighted by Gasteiger charge is 2.20. The van der Waals surface area contributed by atoms with E-state index in [2.05, 4.69) is 32.7 Å². The van der Waals surface area contributed by atoms with E-state index in [4.69, 9.17) is 5.73 Å². The van der Waals surface area contributed by atoms with Crippen molar-refractivity contribution in [3.8, 4) is 0 Å². The van der Waals surface area contributed by atoms with Crippen LogP contribution in [0.5, 0.6) is 0 Å². The molecule has 1 amide bonds. The molecule has 3 N–H and O–H groups in total. The van der Waals surface area contributed by atoms with Gasteiger partial charge in [0, 0.05) is 18.5 Å². The van der Waals surface area contributed by atoms with Gasteiger partial charge in [-0.2, -0.15) is 0 Å². The quantitative estimate of drug-likeness (QED) is 0.827. The standard InChI is InChI=1S/C17H25N3O/c1-11(2)9-20(10-12(3)4)17(21)15-8-13-6-5-7-14(18)16(13)19-15/h5-8,11-12,19H,9-10,18H2,1-4H3. The summed E-state index contributed by atoms with van der Waals surface area (Å²) in [7, 11) is 0. The third kappa shape index (κ3) is 3.57. The predicted octanol–water partition coefficient (Wildman–Crippen LogP) is 3.50. The van der Waals surface area contributed by atoms with Gasteiger partial charge in [-0.1, -0.05) is 39.8 Å². The van der Waals surface area contributed by atoms with Crippen molar-refractivity contribution in [3.05, 3.63) is 30.0 Å². The Morgan fingerprint density at radius 3 is 2.33 bits per heavy atom. The van der Waals surface area contributed by atoms with Crippen molar-refractivity contribution in [2.45, 2.75) is 27.7 Å². The van der Waals surface area contributed by atoms with Gasteiger partial charge in [-0.3, -0.25) is 4.79 Å². The highest BCUT2D eigenvalue weighted by molar-refractivity contribution is 6.00. The Kier molecular flexibility index (Phi) is 4.56. The molecule has 4 nitrogen and oxygen atoms in total. The number of aromatic amines is 1. The minimum absolute atomic E-state index is 0.0491. The van der Waals surface area contributed by atoms with Gasteiger partial charge in [-0.15, -0.1) is 0 Å². The SMILES string of the molecule is CC(C)CN(CC(C)C)C(=O)c1cc2cccc(N)c2[nH]1. The van der Waals surface area contributed by atoms with Gasteiger partial charge in [0.1, 0.15) is 5.69 Å². The minimum atomic E-state index is 0.0491. The third-order valence-corrected chi connectivity index (χ3v) is 3.38. The molecule has 0 radical (unpaired) electrons. The molecule has 4 heteroatoms. The van der Waals surface area contributed by atoms with Crippen molar-refractivity contribution in [2.75, 3.05) is 18.8 Å². The number of amides is 1.